The minimum atomic E-state index is -4.45. The number of aromatic amines is 1. The van der Waals surface area contributed by atoms with Crippen molar-refractivity contribution in [2.45, 2.75) is 15.4 Å². The number of benzene rings is 1. The lowest BCUT2D eigenvalue weighted by Gasteiger charge is -2.10. The van der Waals surface area contributed by atoms with Gasteiger partial charge in [-0.3, -0.25) is 0 Å². The fourth-order valence-corrected chi connectivity index (χ4v) is 3.29. The molecule has 5 nitrogen and oxygen atoms in total. The zero-order chi connectivity index (χ0) is 14.9. The van der Waals surface area contributed by atoms with Crippen molar-refractivity contribution in [3.05, 3.63) is 35.3 Å². The van der Waals surface area contributed by atoms with E-state index in [1.807, 2.05) is 0 Å². The second-order valence-electron chi connectivity index (χ2n) is 3.88. The summed E-state index contributed by atoms with van der Waals surface area (Å²) < 4.78 is 39.6. The molecule has 1 aromatic carbocycles. The number of H-pyrrole nitrogens is 1. The van der Waals surface area contributed by atoms with E-state index in [9.17, 15) is 13.2 Å². The molecule has 0 aliphatic rings. The van der Waals surface area contributed by atoms with Crippen LogP contribution in [-0.2, 0) is 6.18 Å². The molecular formula is C11H6F3N5S2. The van der Waals surface area contributed by atoms with E-state index >= 15 is 0 Å². The topological polar surface area (TPSA) is 67.3 Å². The number of halogens is 3. The molecule has 0 aliphatic heterocycles. The maximum atomic E-state index is 13.0. The number of hydrogen-bond acceptors (Lipinski definition) is 6. The number of rotatable bonds is 3. The zero-order valence-corrected chi connectivity index (χ0v) is 11.8. The van der Waals surface area contributed by atoms with Crippen molar-refractivity contribution in [1.29, 1.82) is 0 Å². The third kappa shape index (κ3) is 3.22. The van der Waals surface area contributed by atoms with Crippen LogP contribution in [0.3, 0.4) is 0 Å². The number of nitrogens with zero attached hydrogens (tertiary/aromatic N) is 4. The molecule has 3 aromatic rings. The Morgan fingerprint density at radius 2 is 2.05 bits per heavy atom. The number of hydrogen-bond donors (Lipinski definition) is 1. The first kappa shape index (κ1) is 14.0. The van der Waals surface area contributed by atoms with Crippen LogP contribution in [0.1, 0.15) is 5.56 Å². The summed E-state index contributed by atoms with van der Waals surface area (Å²) in [7, 11) is 0. The smallest absolute Gasteiger partial charge is 0.238 e. The number of nitrogens with one attached hydrogen (secondary N) is 1. The fraction of sp³-hybridized carbons (Fsp3) is 0.0909. The number of tetrazole rings is 1. The highest BCUT2D eigenvalue weighted by Crippen LogP contribution is 2.37. The predicted octanol–water partition coefficient (Wildman–Crippen LogP) is 3.49. The molecule has 3 rings (SSSR count). The molecule has 0 aliphatic carbocycles. The summed E-state index contributed by atoms with van der Waals surface area (Å²) in [6, 6.07) is 3.65. The van der Waals surface area contributed by atoms with Crippen LogP contribution >= 0.6 is 23.1 Å². The third-order valence-corrected chi connectivity index (χ3v) is 4.31. The van der Waals surface area contributed by atoms with Crippen molar-refractivity contribution < 1.29 is 13.2 Å². The number of aromatic nitrogens is 5. The van der Waals surface area contributed by atoms with E-state index in [2.05, 4.69) is 25.6 Å². The molecule has 0 saturated carbocycles. The minimum Gasteiger partial charge on any atom is -0.238 e. The maximum Gasteiger partial charge on any atom is 0.416 e. The van der Waals surface area contributed by atoms with Crippen molar-refractivity contribution in [2.75, 3.05) is 0 Å². The van der Waals surface area contributed by atoms with E-state index in [0.717, 1.165) is 23.9 Å². The van der Waals surface area contributed by atoms with Gasteiger partial charge in [0.2, 0.25) is 5.82 Å². The second kappa shape index (κ2) is 5.45. The average Bonchev–Trinajstić information content (AvgIpc) is 3.10. The second-order valence-corrected chi connectivity index (χ2v) is 6.09. The van der Waals surface area contributed by atoms with Gasteiger partial charge >= 0.3 is 6.18 Å². The lowest BCUT2D eigenvalue weighted by Crippen LogP contribution is -2.05. The van der Waals surface area contributed by atoms with Crippen LogP contribution in [0.15, 0.2) is 39.0 Å². The first-order chi connectivity index (χ1) is 10.0. The molecule has 2 heterocycles. The van der Waals surface area contributed by atoms with Gasteiger partial charge < -0.3 is 0 Å². The van der Waals surface area contributed by atoms with Crippen LogP contribution in [0.4, 0.5) is 13.2 Å². The Bertz CT molecular complexity index is 725. The maximum absolute atomic E-state index is 13.0. The van der Waals surface area contributed by atoms with Gasteiger partial charge in [-0.05, 0) is 23.4 Å². The normalized spacial score (nSPS) is 11.8. The quantitative estimate of drug-likeness (QED) is 0.796. The average molecular weight is 329 g/mol. The highest BCUT2D eigenvalue weighted by Gasteiger charge is 2.31. The predicted molar refractivity (Wildman–Crippen MR) is 70.9 cm³/mol. The summed E-state index contributed by atoms with van der Waals surface area (Å²) in [6.07, 6.45) is -2.85. The van der Waals surface area contributed by atoms with E-state index in [1.165, 1.54) is 11.3 Å². The number of thiazole rings is 1. The Kier molecular flexibility index (Phi) is 3.64. The van der Waals surface area contributed by atoms with Crippen LogP contribution in [0.25, 0.3) is 11.4 Å². The van der Waals surface area contributed by atoms with Crippen LogP contribution < -0.4 is 0 Å². The molecule has 0 saturated heterocycles. The molecule has 108 valence electrons. The van der Waals surface area contributed by atoms with Crippen LogP contribution in [0.2, 0.25) is 0 Å². The zero-order valence-electron chi connectivity index (χ0n) is 10.1. The summed E-state index contributed by atoms with van der Waals surface area (Å²) in [5.41, 5.74) is -0.513. The standard InChI is InChI=1S/C11H6F3N5S2/c12-11(13,14)7-3-6(9-16-18-19-17-9)4-8(5-7)21-10-15-1-2-20-10/h1-5H,(H,16,17,18,19). The molecule has 0 spiro atoms. The van der Waals surface area contributed by atoms with Gasteiger partial charge in [-0.15, -0.1) is 21.5 Å². The Morgan fingerprint density at radius 3 is 2.67 bits per heavy atom. The van der Waals surface area contributed by atoms with Gasteiger partial charge in [0.05, 0.1) is 5.56 Å². The summed E-state index contributed by atoms with van der Waals surface area (Å²) in [5, 5.41) is 14.8. The van der Waals surface area contributed by atoms with Gasteiger partial charge in [-0.1, -0.05) is 11.8 Å². The van der Waals surface area contributed by atoms with Gasteiger partial charge in [0.1, 0.15) is 0 Å². The SMILES string of the molecule is FC(F)(F)c1cc(Sc2nccs2)cc(-c2nn[nH]n2)c1. The first-order valence-electron chi connectivity index (χ1n) is 5.56. The fourth-order valence-electron chi connectivity index (χ4n) is 1.60. The van der Waals surface area contributed by atoms with Gasteiger partial charge in [0, 0.05) is 22.0 Å². The van der Waals surface area contributed by atoms with E-state index in [0.29, 0.717) is 9.24 Å². The summed E-state index contributed by atoms with van der Waals surface area (Å²) >= 11 is 2.51. The molecule has 0 bridgehead atoms. The lowest BCUT2D eigenvalue weighted by atomic mass is 10.1. The lowest BCUT2D eigenvalue weighted by molar-refractivity contribution is -0.137. The van der Waals surface area contributed by atoms with Crippen molar-refractivity contribution in [3.63, 3.8) is 0 Å². The highest BCUT2D eigenvalue weighted by molar-refractivity contribution is 8.01. The Balaban J connectivity index is 2.05. The van der Waals surface area contributed by atoms with Gasteiger partial charge in [-0.2, -0.15) is 18.4 Å². The van der Waals surface area contributed by atoms with Gasteiger partial charge in [0.25, 0.3) is 0 Å². The van der Waals surface area contributed by atoms with Crippen molar-refractivity contribution in [2.24, 2.45) is 0 Å². The molecule has 2 aromatic heterocycles. The Hall–Kier alpha value is -1.94. The third-order valence-electron chi connectivity index (χ3n) is 2.45. The molecule has 0 amide bonds. The molecule has 1 N–H and O–H groups in total. The number of alkyl halides is 3. The molecule has 0 atom stereocenters. The molecule has 21 heavy (non-hydrogen) atoms. The van der Waals surface area contributed by atoms with Crippen LogP contribution in [0, 0.1) is 0 Å². The van der Waals surface area contributed by atoms with E-state index in [4.69, 9.17) is 0 Å². The van der Waals surface area contributed by atoms with Crippen molar-refractivity contribution in [1.82, 2.24) is 25.6 Å². The van der Waals surface area contributed by atoms with E-state index < -0.39 is 11.7 Å². The highest BCUT2D eigenvalue weighted by atomic mass is 32.2. The summed E-state index contributed by atoms with van der Waals surface area (Å²) in [4.78, 5) is 4.46. The Labute approximate surface area is 124 Å². The molecule has 0 fully saturated rings. The largest absolute Gasteiger partial charge is 0.416 e. The van der Waals surface area contributed by atoms with E-state index in [-0.39, 0.29) is 11.4 Å². The summed E-state index contributed by atoms with van der Waals surface area (Å²) in [5.74, 6) is 0.113. The molecular weight excluding hydrogens is 323 g/mol. The van der Waals surface area contributed by atoms with Gasteiger partial charge in [0.15, 0.2) is 4.34 Å². The van der Waals surface area contributed by atoms with Crippen LogP contribution in [-0.4, -0.2) is 25.6 Å². The minimum absolute atomic E-state index is 0.113. The molecule has 0 radical (unpaired) electrons. The molecule has 0 unspecified atom stereocenters. The molecule has 10 heteroatoms. The van der Waals surface area contributed by atoms with Gasteiger partial charge in [-0.25, -0.2) is 4.98 Å². The van der Waals surface area contributed by atoms with Crippen molar-refractivity contribution in [3.8, 4) is 11.4 Å². The summed E-state index contributed by atoms with van der Waals surface area (Å²) in [6.45, 7) is 0. The van der Waals surface area contributed by atoms with Crippen LogP contribution in [0.5, 0.6) is 0 Å². The monoisotopic (exact) mass is 329 g/mol. The Morgan fingerprint density at radius 1 is 1.19 bits per heavy atom. The van der Waals surface area contributed by atoms with Crippen molar-refractivity contribution >= 4 is 23.1 Å². The first-order valence-corrected chi connectivity index (χ1v) is 7.25. The van der Waals surface area contributed by atoms with E-state index in [1.54, 1.807) is 17.6 Å².